The van der Waals surface area contributed by atoms with Crippen LogP contribution in [0.5, 0.6) is 0 Å². The second kappa shape index (κ2) is 10.4. The van der Waals surface area contributed by atoms with Crippen molar-refractivity contribution in [2.75, 3.05) is 10.8 Å². The summed E-state index contributed by atoms with van der Waals surface area (Å²) < 4.78 is 28.3. The lowest BCUT2D eigenvalue weighted by molar-refractivity contribution is -0.119. The number of carbonyl (C=O) groups is 2. The second-order valence-corrected chi connectivity index (χ2v) is 9.63. The summed E-state index contributed by atoms with van der Waals surface area (Å²) in [6.07, 6.45) is 1.34. The van der Waals surface area contributed by atoms with Gasteiger partial charge in [0.15, 0.2) is 0 Å². The molecule has 0 aromatic heterocycles. The number of rotatable bonds is 8. The first-order valence-electron chi connectivity index (χ1n) is 9.26. The van der Waals surface area contributed by atoms with Crippen molar-refractivity contribution in [3.63, 3.8) is 0 Å². The van der Waals surface area contributed by atoms with E-state index in [0.717, 1.165) is 7.88 Å². The summed E-state index contributed by atoms with van der Waals surface area (Å²) in [6, 6.07) is 20.5. The molecular formula is C22H18IN3O5S. The van der Waals surface area contributed by atoms with Gasteiger partial charge in [-0.2, -0.15) is 5.10 Å². The quantitative estimate of drug-likeness (QED) is 0.248. The molecule has 3 aromatic carbocycles. The molecule has 0 saturated heterocycles. The Morgan fingerprint density at radius 1 is 0.969 bits per heavy atom. The Labute approximate surface area is 198 Å². The molecule has 2 N–H and O–H groups in total. The second-order valence-electron chi connectivity index (χ2n) is 6.52. The van der Waals surface area contributed by atoms with Gasteiger partial charge >= 0.3 is 5.97 Å². The van der Waals surface area contributed by atoms with Crippen LogP contribution in [0.3, 0.4) is 0 Å². The molecule has 164 valence electrons. The fraction of sp³-hybridized carbons (Fsp3) is 0.0455. The van der Waals surface area contributed by atoms with Crippen LogP contribution in [0.1, 0.15) is 15.9 Å². The fourth-order valence-electron chi connectivity index (χ4n) is 2.70. The van der Waals surface area contributed by atoms with Crippen LogP contribution < -0.4 is 9.73 Å². The van der Waals surface area contributed by atoms with E-state index in [0.29, 0.717) is 11.3 Å². The lowest BCUT2D eigenvalue weighted by atomic mass is 10.1. The molecule has 0 aliphatic heterocycles. The summed E-state index contributed by atoms with van der Waals surface area (Å²) in [5, 5.41) is 12.8. The molecule has 10 heteroatoms. The molecule has 8 nitrogen and oxygen atoms in total. The Hall–Kier alpha value is -3.25. The van der Waals surface area contributed by atoms with E-state index in [1.807, 2.05) is 0 Å². The Morgan fingerprint density at radius 3 is 2.19 bits per heavy atom. The van der Waals surface area contributed by atoms with Crippen LogP contribution in [0, 0.1) is 3.57 Å². The number of aromatic carboxylic acids is 1. The van der Waals surface area contributed by atoms with Crippen molar-refractivity contribution in [3.8, 4) is 0 Å². The van der Waals surface area contributed by atoms with Gasteiger partial charge in [0, 0.05) is 3.57 Å². The van der Waals surface area contributed by atoms with Crippen LogP contribution in [0.4, 0.5) is 5.69 Å². The number of amides is 1. The highest BCUT2D eigenvalue weighted by Gasteiger charge is 2.27. The SMILES string of the molecule is O=C(CN(c1ccc(I)cc1)S(=O)(=O)c1ccccc1)N/N=C\c1ccc(C(=O)O)cc1. The maximum atomic E-state index is 13.2. The molecule has 0 atom stereocenters. The van der Waals surface area contributed by atoms with Gasteiger partial charge in [-0.05, 0) is 76.7 Å². The minimum Gasteiger partial charge on any atom is -0.478 e. The molecule has 0 radical (unpaired) electrons. The number of sulfonamides is 1. The summed E-state index contributed by atoms with van der Waals surface area (Å²) in [4.78, 5) is 23.5. The smallest absolute Gasteiger partial charge is 0.335 e. The van der Waals surface area contributed by atoms with Crippen LogP contribution in [0.25, 0.3) is 0 Å². The van der Waals surface area contributed by atoms with E-state index in [4.69, 9.17) is 5.11 Å². The molecule has 3 rings (SSSR count). The molecule has 0 heterocycles. The highest BCUT2D eigenvalue weighted by Crippen LogP contribution is 2.24. The number of hydrazone groups is 1. The zero-order valence-electron chi connectivity index (χ0n) is 16.6. The first-order chi connectivity index (χ1) is 15.3. The third kappa shape index (κ3) is 5.92. The van der Waals surface area contributed by atoms with Crippen LogP contribution in [-0.2, 0) is 14.8 Å². The summed E-state index contributed by atoms with van der Waals surface area (Å²) >= 11 is 2.11. The maximum absolute atomic E-state index is 13.2. The van der Waals surface area contributed by atoms with E-state index < -0.39 is 28.4 Å². The van der Waals surface area contributed by atoms with Crippen molar-refractivity contribution in [1.82, 2.24) is 5.43 Å². The normalized spacial score (nSPS) is 11.3. The van der Waals surface area contributed by atoms with Gasteiger partial charge in [-0.3, -0.25) is 9.10 Å². The number of hydrogen-bond donors (Lipinski definition) is 2. The van der Waals surface area contributed by atoms with Gasteiger partial charge < -0.3 is 5.11 Å². The number of carboxylic acids is 1. The molecule has 0 spiro atoms. The molecule has 0 aliphatic carbocycles. The molecule has 0 unspecified atom stereocenters. The number of nitrogens with one attached hydrogen (secondary N) is 1. The first-order valence-corrected chi connectivity index (χ1v) is 11.8. The van der Waals surface area contributed by atoms with E-state index in [9.17, 15) is 18.0 Å². The van der Waals surface area contributed by atoms with E-state index in [-0.39, 0.29) is 10.5 Å². The lowest BCUT2D eigenvalue weighted by Crippen LogP contribution is -2.39. The van der Waals surface area contributed by atoms with Crippen molar-refractivity contribution >= 4 is 56.4 Å². The van der Waals surface area contributed by atoms with Gasteiger partial charge in [-0.15, -0.1) is 0 Å². The number of benzene rings is 3. The van der Waals surface area contributed by atoms with Crippen molar-refractivity contribution in [2.45, 2.75) is 4.90 Å². The molecular weight excluding hydrogens is 545 g/mol. The van der Waals surface area contributed by atoms with Gasteiger partial charge in [0.1, 0.15) is 6.54 Å². The van der Waals surface area contributed by atoms with Gasteiger partial charge in [-0.25, -0.2) is 18.6 Å². The number of carboxylic acid groups (broad SMARTS) is 1. The minimum absolute atomic E-state index is 0.0633. The van der Waals surface area contributed by atoms with Crippen molar-refractivity contribution in [3.05, 3.63) is 93.6 Å². The number of hydrogen-bond acceptors (Lipinski definition) is 5. The van der Waals surface area contributed by atoms with Gasteiger partial charge in [0.2, 0.25) is 0 Å². The lowest BCUT2D eigenvalue weighted by Gasteiger charge is -2.23. The Balaban J connectivity index is 1.78. The average molecular weight is 563 g/mol. The molecule has 0 aliphatic rings. The maximum Gasteiger partial charge on any atom is 0.335 e. The summed E-state index contributed by atoms with van der Waals surface area (Å²) in [5.41, 5.74) is 3.36. The zero-order chi connectivity index (χ0) is 23.1. The van der Waals surface area contributed by atoms with E-state index in [1.165, 1.54) is 42.6 Å². The molecule has 0 saturated carbocycles. The van der Waals surface area contributed by atoms with Crippen LogP contribution in [0.2, 0.25) is 0 Å². The number of nitrogens with zero attached hydrogens (tertiary/aromatic N) is 2. The van der Waals surface area contributed by atoms with E-state index in [2.05, 4.69) is 33.1 Å². The van der Waals surface area contributed by atoms with Crippen molar-refractivity contribution in [1.29, 1.82) is 0 Å². The Morgan fingerprint density at radius 2 is 1.59 bits per heavy atom. The Kier molecular flexibility index (Phi) is 7.59. The third-order valence-corrected chi connectivity index (χ3v) is 6.80. The van der Waals surface area contributed by atoms with E-state index >= 15 is 0 Å². The van der Waals surface area contributed by atoms with Crippen LogP contribution >= 0.6 is 22.6 Å². The zero-order valence-corrected chi connectivity index (χ0v) is 19.5. The molecule has 3 aromatic rings. The topological polar surface area (TPSA) is 116 Å². The fourth-order valence-corrected chi connectivity index (χ4v) is 4.50. The van der Waals surface area contributed by atoms with Gasteiger partial charge in [0.25, 0.3) is 15.9 Å². The van der Waals surface area contributed by atoms with Crippen molar-refractivity contribution in [2.24, 2.45) is 5.10 Å². The number of carbonyl (C=O) groups excluding carboxylic acids is 1. The monoisotopic (exact) mass is 563 g/mol. The summed E-state index contributed by atoms with van der Waals surface area (Å²) in [5.74, 6) is -1.68. The molecule has 0 fully saturated rings. The predicted molar refractivity (Wildman–Crippen MR) is 129 cm³/mol. The van der Waals surface area contributed by atoms with Crippen LogP contribution in [-0.4, -0.2) is 38.2 Å². The van der Waals surface area contributed by atoms with Gasteiger partial charge in [0.05, 0.1) is 22.4 Å². The van der Waals surface area contributed by atoms with Crippen molar-refractivity contribution < 1.29 is 23.1 Å². The Bertz CT molecular complexity index is 1230. The first kappa shape index (κ1) is 23.4. The van der Waals surface area contributed by atoms with E-state index in [1.54, 1.807) is 42.5 Å². The summed E-state index contributed by atoms with van der Waals surface area (Å²) in [7, 11) is -3.99. The molecule has 0 bridgehead atoms. The summed E-state index contributed by atoms with van der Waals surface area (Å²) in [6.45, 7) is -0.479. The minimum atomic E-state index is -3.99. The average Bonchev–Trinajstić information content (AvgIpc) is 2.79. The standard InChI is InChI=1S/C22H18IN3O5S/c23-18-10-12-19(13-11-18)26(32(30,31)20-4-2-1-3-5-20)15-21(27)25-24-14-16-6-8-17(9-7-16)22(28)29/h1-14H,15H2,(H,25,27)(H,28,29)/b24-14-. The molecule has 32 heavy (non-hydrogen) atoms. The third-order valence-electron chi connectivity index (χ3n) is 4.29. The van der Waals surface area contributed by atoms with Gasteiger partial charge in [-0.1, -0.05) is 30.3 Å². The number of halogens is 1. The largest absolute Gasteiger partial charge is 0.478 e. The predicted octanol–water partition coefficient (Wildman–Crippen LogP) is 3.34. The highest BCUT2D eigenvalue weighted by molar-refractivity contribution is 14.1. The highest BCUT2D eigenvalue weighted by atomic mass is 127. The van der Waals surface area contributed by atoms with Crippen LogP contribution in [0.15, 0.2) is 88.9 Å². The number of anilines is 1. The molecule has 1 amide bonds.